The number of hydrogen-bond donors (Lipinski definition) is 2. The smallest absolute Gasteiger partial charge is 0.338 e. The van der Waals surface area contributed by atoms with Crippen molar-refractivity contribution >= 4 is 21.9 Å². The van der Waals surface area contributed by atoms with Gasteiger partial charge in [-0.2, -0.15) is 10.1 Å². The molecule has 0 aliphatic rings. The molecule has 106 valence electrons. The van der Waals surface area contributed by atoms with Gasteiger partial charge in [-0.3, -0.25) is 0 Å². The predicted octanol–water partition coefficient (Wildman–Crippen LogP) is 0.701. The van der Waals surface area contributed by atoms with Gasteiger partial charge in [-0.05, 0) is 24.6 Å². The van der Waals surface area contributed by atoms with Crippen molar-refractivity contribution in [3.63, 3.8) is 0 Å². The number of esters is 1. The van der Waals surface area contributed by atoms with Gasteiger partial charge in [0.2, 0.25) is 5.95 Å². The lowest BCUT2D eigenvalue weighted by molar-refractivity contribution is 0.0599. The maximum absolute atomic E-state index is 12.1. The fourth-order valence-corrected chi connectivity index (χ4v) is 2.53. The van der Waals surface area contributed by atoms with E-state index in [4.69, 9.17) is 0 Å². The van der Waals surface area contributed by atoms with Crippen LogP contribution in [0.4, 0.5) is 5.95 Å². The topological polar surface area (TPSA) is 114 Å². The highest BCUT2D eigenvalue weighted by atomic mass is 32.2. The van der Waals surface area contributed by atoms with Crippen LogP contribution in [0.2, 0.25) is 0 Å². The third-order valence-corrected chi connectivity index (χ3v) is 3.91. The predicted molar refractivity (Wildman–Crippen MR) is 69.7 cm³/mol. The van der Waals surface area contributed by atoms with Gasteiger partial charge in [0.25, 0.3) is 10.0 Å². The summed E-state index contributed by atoms with van der Waals surface area (Å²) in [6.45, 7) is 1.69. The van der Waals surface area contributed by atoms with Crippen LogP contribution in [-0.4, -0.2) is 36.7 Å². The number of anilines is 1. The molecule has 0 amide bonds. The number of benzene rings is 1. The summed E-state index contributed by atoms with van der Waals surface area (Å²) in [5.74, 6) is -0.607. The number of aromatic nitrogens is 3. The lowest BCUT2D eigenvalue weighted by Crippen LogP contribution is -2.15. The molecule has 0 unspecified atom stereocenters. The van der Waals surface area contributed by atoms with E-state index in [1.165, 1.54) is 31.6 Å². The molecule has 2 aromatic rings. The molecule has 0 fully saturated rings. The molecular weight excluding hydrogens is 284 g/mol. The van der Waals surface area contributed by atoms with Crippen LogP contribution in [-0.2, 0) is 14.8 Å². The van der Waals surface area contributed by atoms with Gasteiger partial charge < -0.3 is 4.74 Å². The highest BCUT2D eigenvalue weighted by Gasteiger charge is 2.19. The zero-order valence-electron chi connectivity index (χ0n) is 10.7. The molecule has 0 aliphatic heterocycles. The van der Waals surface area contributed by atoms with Crippen molar-refractivity contribution < 1.29 is 17.9 Å². The average molecular weight is 296 g/mol. The summed E-state index contributed by atoms with van der Waals surface area (Å²) in [5, 5.41) is 5.92. The Morgan fingerprint density at radius 3 is 2.75 bits per heavy atom. The van der Waals surface area contributed by atoms with E-state index in [1.807, 2.05) is 0 Å². The minimum absolute atomic E-state index is 0.00908. The quantitative estimate of drug-likeness (QED) is 0.803. The molecule has 0 saturated heterocycles. The summed E-state index contributed by atoms with van der Waals surface area (Å²) < 4.78 is 31.1. The molecule has 0 radical (unpaired) electrons. The van der Waals surface area contributed by atoms with E-state index in [-0.39, 0.29) is 16.4 Å². The molecule has 0 spiro atoms. The number of carbonyl (C=O) groups excluding carboxylic acids is 1. The summed E-state index contributed by atoms with van der Waals surface area (Å²) in [4.78, 5) is 15.2. The van der Waals surface area contributed by atoms with Gasteiger partial charge in [-0.1, -0.05) is 6.07 Å². The number of sulfonamides is 1. The number of nitrogens with one attached hydrogen (secondary N) is 2. The van der Waals surface area contributed by atoms with Crippen molar-refractivity contribution in [3.8, 4) is 0 Å². The minimum Gasteiger partial charge on any atom is -0.465 e. The third kappa shape index (κ3) is 2.77. The molecule has 1 aromatic carbocycles. The molecule has 0 saturated carbocycles. The van der Waals surface area contributed by atoms with Crippen LogP contribution in [0.15, 0.2) is 29.4 Å². The Morgan fingerprint density at radius 2 is 2.15 bits per heavy atom. The number of aromatic amines is 1. The molecule has 0 aliphatic carbocycles. The highest BCUT2D eigenvalue weighted by Crippen LogP contribution is 2.18. The van der Waals surface area contributed by atoms with E-state index in [9.17, 15) is 13.2 Å². The Morgan fingerprint density at radius 1 is 1.40 bits per heavy atom. The van der Waals surface area contributed by atoms with Gasteiger partial charge in [0.15, 0.2) is 0 Å². The monoisotopic (exact) mass is 296 g/mol. The largest absolute Gasteiger partial charge is 0.465 e. The molecule has 0 atom stereocenters. The Hall–Kier alpha value is -2.42. The number of hydrogen-bond acceptors (Lipinski definition) is 6. The van der Waals surface area contributed by atoms with Crippen molar-refractivity contribution in [1.29, 1.82) is 0 Å². The van der Waals surface area contributed by atoms with Crippen LogP contribution in [0.1, 0.15) is 15.9 Å². The number of nitrogens with zero attached hydrogens (tertiary/aromatic N) is 2. The van der Waals surface area contributed by atoms with Gasteiger partial charge in [0.05, 0.1) is 17.6 Å². The van der Waals surface area contributed by atoms with E-state index >= 15 is 0 Å². The Kier molecular flexibility index (Phi) is 3.70. The lowest BCUT2D eigenvalue weighted by atomic mass is 10.1. The molecule has 8 nitrogen and oxygen atoms in total. The first-order valence-corrected chi connectivity index (χ1v) is 6.99. The second-order valence-corrected chi connectivity index (χ2v) is 5.59. The summed E-state index contributed by atoms with van der Waals surface area (Å²) >= 11 is 0. The summed E-state index contributed by atoms with van der Waals surface area (Å²) in [6.07, 6.45) is 1.17. The lowest BCUT2D eigenvalue weighted by Gasteiger charge is -2.08. The van der Waals surface area contributed by atoms with E-state index in [2.05, 4.69) is 24.6 Å². The van der Waals surface area contributed by atoms with E-state index in [0.29, 0.717) is 5.56 Å². The second kappa shape index (κ2) is 5.29. The van der Waals surface area contributed by atoms with Crippen LogP contribution >= 0.6 is 0 Å². The Labute approximate surface area is 115 Å². The molecular formula is C11H12N4O4S. The first kappa shape index (κ1) is 14.0. The molecule has 20 heavy (non-hydrogen) atoms. The summed E-state index contributed by atoms with van der Waals surface area (Å²) in [5.41, 5.74) is 0.809. The van der Waals surface area contributed by atoms with Gasteiger partial charge >= 0.3 is 5.97 Å². The number of ether oxygens (including phenoxy) is 1. The van der Waals surface area contributed by atoms with Crippen molar-refractivity contribution in [3.05, 3.63) is 35.7 Å². The zero-order chi connectivity index (χ0) is 14.8. The van der Waals surface area contributed by atoms with E-state index < -0.39 is 16.0 Å². The third-order valence-electron chi connectivity index (χ3n) is 2.57. The molecule has 9 heteroatoms. The second-order valence-electron chi connectivity index (χ2n) is 3.91. The number of methoxy groups -OCH3 is 1. The van der Waals surface area contributed by atoms with Gasteiger partial charge in [0, 0.05) is 0 Å². The summed E-state index contributed by atoms with van der Waals surface area (Å²) in [7, 11) is -2.62. The molecule has 1 heterocycles. The zero-order valence-corrected chi connectivity index (χ0v) is 11.6. The molecule has 2 N–H and O–H groups in total. The first-order chi connectivity index (χ1) is 9.44. The fraction of sp³-hybridized carbons (Fsp3) is 0.182. The van der Waals surface area contributed by atoms with Crippen LogP contribution in [0.25, 0.3) is 0 Å². The highest BCUT2D eigenvalue weighted by molar-refractivity contribution is 7.92. The van der Waals surface area contributed by atoms with Gasteiger partial charge in [-0.15, -0.1) is 0 Å². The van der Waals surface area contributed by atoms with Crippen LogP contribution in [0.3, 0.4) is 0 Å². The summed E-state index contributed by atoms with van der Waals surface area (Å²) in [6, 6.07) is 4.17. The van der Waals surface area contributed by atoms with Crippen LogP contribution in [0, 0.1) is 6.92 Å². The van der Waals surface area contributed by atoms with Crippen molar-refractivity contribution in [2.45, 2.75) is 11.8 Å². The van der Waals surface area contributed by atoms with Crippen molar-refractivity contribution in [1.82, 2.24) is 15.2 Å². The van der Waals surface area contributed by atoms with Crippen molar-refractivity contribution in [2.24, 2.45) is 0 Å². The Balaban J connectivity index is 2.40. The molecule has 0 bridgehead atoms. The number of aryl methyl sites for hydroxylation is 1. The normalized spacial score (nSPS) is 11.1. The first-order valence-electron chi connectivity index (χ1n) is 5.51. The maximum atomic E-state index is 12.1. The number of rotatable bonds is 4. The molecule has 1 aromatic heterocycles. The van der Waals surface area contributed by atoms with Crippen LogP contribution < -0.4 is 4.72 Å². The SMILES string of the molecule is COC(=O)c1cc(S(=O)(=O)Nc2ncn[nH]2)ccc1C. The van der Waals surface area contributed by atoms with E-state index in [0.717, 1.165) is 0 Å². The van der Waals surface area contributed by atoms with Gasteiger partial charge in [0.1, 0.15) is 6.33 Å². The fourth-order valence-electron chi connectivity index (χ4n) is 1.54. The van der Waals surface area contributed by atoms with Crippen LogP contribution in [0.5, 0.6) is 0 Å². The maximum Gasteiger partial charge on any atom is 0.338 e. The van der Waals surface area contributed by atoms with E-state index in [1.54, 1.807) is 6.92 Å². The number of carbonyl (C=O) groups is 1. The average Bonchev–Trinajstić information content (AvgIpc) is 2.90. The standard InChI is InChI=1S/C11H12N4O4S/c1-7-3-4-8(5-9(7)10(16)19-2)20(17,18)15-11-12-6-13-14-11/h3-6H,1-2H3,(H2,12,13,14,15). The molecule has 2 rings (SSSR count). The number of H-pyrrole nitrogens is 1. The van der Waals surface area contributed by atoms with Gasteiger partial charge in [-0.25, -0.2) is 23.0 Å². The van der Waals surface area contributed by atoms with Crippen molar-refractivity contribution in [2.75, 3.05) is 11.8 Å². The minimum atomic E-state index is -3.86. The Bertz CT molecular complexity index is 725.